The predicted molar refractivity (Wildman–Crippen MR) is 66.2 cm³/mol. The maximum Gasteiger partial charge on any atom is 0.275 e. The van der Waals surface area contributed by atoms with Gasteiger partial charge in [0.25, 0.3) is 5.91 Å². The molecule has 2 saturated heterocycles. The van der Waals surface area contributed by atoms with Crippen molar-refractivity contribution in [2.75, 3.05) is 39.4 Å². The molecule has 1 aromatic heterocycles. The summed E-state index contributed by atoms with van der Waals surface area (Å²) in [6.45, 7) is 4.23. The van der Waals surface area contributed by atoms with Gasteiger partial charge in [-0.05, 0) is 0 Å². The van der Waals surface area contributed by atoms with E-state index in [1.165, 1.54) is 4.90 Å². The average Bonchev–Trinajstić information content (AvgIpc) is 2.38. The summed E-state index contributed by atoms with van der Waals surface area (Å²) in [4.78, 5) is 19.4. The first-order valence-electron chi connectivity index (χ1n) is 6.57. The van der Waals surface area contributed by atoms with E-state index in [0.29, 0.717) is 38.4 Å². The van der Waals surface area contributed by atoms with Crippen LogP contribution >= 0.6 is 0 Å². The van der Waals surface area contributed by atoms with E-state index in [2.05, 4.69) is 9.88 Å². The average molecular weight is 283 g/mol. The lowest BCUT2D eigenvalue weighted by Gasteiger charge is -2.46. The number of ether oxygens (including phenoxy) is 1. The van der Waals surface area contributed by atoms with Crippen molar-refractivity contribution in [3.05, 3.63) is 29.6 Å². The molecule has 1 aromatic rings. The number of hydrogen-bond donors (Lipinski definition) is 0. The molecule has 108 valence electrons. The standard InChI is InChI=1S/C13H15F2N3O2/c14-9-5-11(15)12(16-6-9)13(19)18-7-10(8-18)17-1-3-20-4-2-17/h5-6,10H,1-4,7-8H2. The number of hydrogen-bond acceptors (Lipinski definition) is 4. The third-order valence-electron chi connectivity index (χ3n) is 3.72. The number of morpholine rings is 1. The number of likely N-dealkylation sites (tertiary alicyclic amines) is 1. The molecule has 0 spiro atoms. The summed E-state index contributed by atoms with van der Waals surface area (Å²) in [7, 11) is 0. The van der Waals surface area contributed by atoms with Crippen molar-refractivity contribution in [3.8, 4) is 0 Å². The van der Waals surface area contributed by atoms with E-state index in [1.807, 2.05) is 0 Å². The van der Waals surface area contributed by atoms with Crippen LogP contribution in [0.3, 0.4) is 0 Å². The maximum atomic E-state index is 13.5. The van der Waals surface area contributed by atoms with Gasteiger partial charge in [0.2, 0.25) is 0 Å². The summed E-state index contributed by atoms with van der Waals surface area (Å²) in [6.07, 6.45) is 0.857. The highest BCUT2D eigenvalue weighted by Crippen LogP contribution is 2.19. The first-order chi connectivity index (χ1) is 9.65. The Balaban J connectivity index is 1.60. The van der Waals surface area contributed by atoms with Crippen LogP contribution in [0, 0.1) is 11.6 Å². The van der Waals surface area contributed by atoms with Gasteiger partial charge in [-0.1, -0.05) is 0 Å². The Bertz CT molecular complexity index is 514. The van der Waals surface area contributed by atoms with Gasteiger partial charge in [-0.15, -0.1) is 0 Å². The van der Waals surface area contributed by atoms with E-state index in [0.717, 1.165) is 19.3 Å². The quantitative estimate of drug-likeness (QED) is 0.793. The van der Waals surface area contributed by atoms with Crippen molar-refractivity contribution in [2.24, 2.45) is 0 Å². The molecule has 3 rings (SSSR count). The van der Waals surface area contributed by atoms with Crippen LogP contribution in [0.5, 0.6) is 0 Å². The number of amides is 1. The van der Waals surface area contributed by atoms with Crippen LogP contribution in [-0.4, -0.2) is 66.1 Å². The summed E-state index contributed by atoms with van der Waals surface area (Å²) >= 11 is 0. The summed E-state index contributed by atoms with van der Waals surface area (Å²) in [5, 5.41) is 0. The zero-order valence-corrected chi connectivity index (χ0v) is 10.9. The van der Waals surface area contributed by atoms with E-state index in [-0.39, 0.29) is 5.69 Å². The van der Waals surface area contributed by atoms with Crippen LogP contribution in [0.1, 0.15) is 10.5 Å². The molecule has 20 heavy (non-hydrogen) atoms. The minimum Gasteiger partial charge on any atom is -0.379 e. The van der Waals surface area contributed by atoms with Crippen LogP contribution in [0.25, 0.3) is 0 Å². The molecule has 1 amide bonds. The fourth-order valence-electron chi connectivity index (χ4n) is 2.52. The topological polar surface area (TPSA) is 45.7 Å². The Morgan fingerprint density at radius 2 is 2.00 bits per heavy atom. The summed E-state index contributed by atoms with van der Waals surface area (Å²) < 4.78 is 31.5. The van der Waals surface area contributed by atoms with Crippen LogP contribution in [0.2, 0.25) is 0 Å². The first-order valence-corrected chi connectivity index (χ1v) is 6.57. The third kappa shape index (κ3) is 2.51. The lowest BCUT2D eigenvalue weighted by molar-refractivity contribution is -0.0258. The number of nitrogens with zero attached hydrogens (tertiary/aromatic N) is 3. The van der Waals surface area contributed by atoms with Crippen LogP contribution in [0.15, 0.2) is 12.3 Å². The summed E-state index contributed by atoms with van der Waals surface area (Å²) in [5.41, 5.74) is -0.313. The van der Waals surface area contributed by atoms with E-state index >= 15 is 0 Å². The largest absolute Gasteiger partial charge is 0.379 e. The molecule has 3 heterocycles. The van der Waals surface area contributed by atoms with Gasteiger partial charge < -0.3 is 9.64 Å². The Hall–Kier alpha value is -1.60. The molecule has 0 unspecified atom stereocenters. The van der Waals surface area contributed by atoms with Gasteiger partial charge >= 0.3 is 0 Å². The van der Waals surface area contributed by atoms with E-state index < -0.39 is 17.5 Å². The van der Waals surface area contributed by atoms with Crippen LogP contribution in [0.4, 0.5) is 8.78 Å². The molecule has 7 heteroatoms. The highest BCUT2D eigenvalue weighted by molar-refractivity contribution is 5.93. The Kier molecular flexibility index (Phi) is 3.62. The zero-order chi connectivity index (χ0) is 14.1. The number of pyridine rings is 1. The first kappa shape index (κ1) is 13.4. The predicted octanol–water partition coefficient (Wildman–Crippen LogP) is 0.516. The molecule has 2 fully saturated rings. The molecular formula is C13H15F2N3O2. The monoisotopic (exact) mass is 283 g/mol. The van der Waals surface area contributed by atoms with Gasteiger partial charge in [0.1, 0.15) is 5.82 Å². The fraction of sp³-hybridized carbons (Fsp3) is 0.538. The molecule has 0 aliphatic carbocycles. The van der Waals surface area contributed by atoms with Gasteiger partial charge in [0.15, 0.2) is 11.5 Å². The van der Waals surface area contributed by atoms with Gasteiger partial charge in [-0.25, -0.2) is 13.8 Å². The maximum absolute atomic E-state index is 13.5. The highest BCUT2D eigenvalue weighted by Gasteiger charge is 2.36. The second kappa shape index (κ2) is 5.41. The number of carbonyl (C=O) groups excluding carboxylic acids is 1. The van der Waals surface area contributed by atoms with E-state index in [1.54, 1.807) is 0 Å². The van der Waals surface area contributed by atoms with Crippen molar-refractivity contribution < 1.29 is 18.3 Å². The number of carbonyl (C=O) groups is 1. The molecule has 0 atom stereocenters. The minimum absolute atomic E-state index is 0.298. The van der Waals surface area contributed by atoms with Gasteiger partial charge in [0.05, 0.1) is 19.4 Å². The smallest absolute Gasteiger partial charge is 0.275 e. The summed E-state index contributed by atoms with van der Waals surface area (Å²) in [5.74, 6) is -2.18. The van der Waals surface area contributed by atoms with Gasteiger partial charge in [-0.2, -0.15) is 0 Å². The molecule has 0 saturated carbocycles. The zero-order valence-electron chi connectivity index (χ0n) is 10.9. The van der Waals surface area contributed by atoms with Crippen molar-refractivity contribution in [1.29, 1.82) is 0 Å². The number of halogens is 2. The molecule has 5 nitrogen and oxygen atoms in total. The Morgan fingerprint density at radius 1 is 1.30 bits per heavy atom. The van der Waals surface area contributed by atoms with Crippen LogP contribution < -0.4 is 0 Å². The van der Waals surface area contributed by atoms with Crippen molar-refractivity contribution in [1.82, 2.24) is 14.8 Å². The Morgan fingerprint density at radius 3 is 2.65 bits per heavy atom. The fourth-order valence-corrected chi connectivity index (χ4v) is 2.52. The molecule has 0 radical (unpaired) electrons. The van der Waals surface area contributed by atoms with Crippen LogP contribution in [-0.2, 0) is 4.74 Å². The second-order valence-corrected chi connectivity index (χ2v) is 5.00. The summed E-state index contributed by atoms with van der Waals surface area (Å²) in [6, 6.07) is 0.978. The lowest BCUT2D eigenvalue weighted by atomic mass is 10.1. The molecular weight excluding hydrogens is 268 g/mol. The van der Waals surface area contributed by atoms with E-state index in [9.17, 15) is 13.6 Å². The normalized spacial score (nSPS) is 20.8. The SMILES string of the molecule is O=C(c1ncc(F)cc1F)N1CC(N2CCOCC2)C1. The van der Waals surface area contributed by atoms with Crippen molar-refractivity contribution in [2.45, 2.75) is 6.04 Å². The molecule has 2 aliphatic heterocycles. The molecule has 0 aromatic carbocycles. The molecule has 2 aliphatic rings. The number of rotatable bonds is 2. The third-order valence-corrected chi connectivity index (χ3v) is 3.72. The van der Waals surface area contributed by atoms with E-state index in [4.69, 9.17) is 4.74 Å². The second-order valence-electron chi connectivity index (χ2n) is 5.00. The van der Waals surface area contributed by atoms with Crippen molar-refractivity contribution in [3.63, 3.8) is 0 Å². The number of aromatic nitrogens is 1. The van der Waals surface area contributed by atoms with Crippen molar-refractivity contribution >= 4 is 5.91 Å². The van der Waals surface area contributed by atoms with Gasteiger partial charge in [-0.3, -0.25) is 9.69 Å². The Labute approximate surface area is 115 Å². The molecule has 0 N–H and O–H groups in total. The highest BCUT2D eigenvalue weighted by atomic mass is 19.1. The minimum atomic E-state index is -0.912. The van der Waals surface area contributed by atoms with Gasteiger partial charge in [0, 0.05) is 38.3 Å². The lowest BCUT2D eigenvalue weighted by Crippen LogP contribution is -2.62. The molecule has 0 bridgehead atoms.